The maximum atomic E-state index is 5.60. The van der Waals surface area contributed by atoms with Crippen LogP contribution in [-0.4, -0.2) is 26.4 Å². The van der Waals surface area contributed by atoms with Gasteiger partial charge in [0, 0.05) is 13.2 Å². The second-order valence-corrected chi connectivity index (χ2v) is 7.06. The number of rotatable bonds is 16. The van der Waals surface area contributed by atoms with E-state index in [1.54, 1.807) is 0 Å². The summed E-state index contributed by atoms with van der Waals surface area (Å²) in [4.78, 5) is 0. The number of hydrogen-bond donors (Lipinski definition) is 0. The van der Waals surface area contributed by atoms with Gasteiger partial charge in [-0.1, -0.05) is 72.6 Å². The van der Waals surface area contributed by atoms with Crippen molar-refractivity contribution >= 4 is 0 Å². The molecule has 0 unspecified atom stereocenters. The van der Waals surface area contributed by atoms with E-state index in [9.17, 15) is 0 Å². The molecular weight excluding hydrogens is 260 g/mol. The summed E-state index contributed by atoms with van der Waals surface area (Å²) in [6.07, 6.45) is 11.8. The zero-order valence-electron chi connectivity index (χ0n) is 15.2. The van der Waals surface area contributed by atoms with E-state index in [1.165, 1.54) is 57.8 Å². The van der Waals surface area contributed by atoms with Crippen molar-refractivity contribution in [3.8, 4) is 0 Å². The van der Waals surface area contributed by atoms with E-state index in [0.717, 1.165) is 38.3 Å². The van der Waals surface area contributed by atoms with Gasteiger partial charge in [0.2, 0.25) is 0 Å². The van der Waals surface area contributed by atoms with Gasteiger partial charge in [0.1, 0.15) is 0 Å². The summed E-state index contributed by atoms with van der Waals surface area (Å²) in [7, 11) is 0. The highest BCUT2D eigenvalue weighted by Gasteiger charge is 1.96. The summed E-state index contributed by atoms with van der Waals surface area (Å²) < 4.78 is 11.2. The second-order valence-electron chi connectivity index (χ2n) is 7.06. The van der Waals surface area contributed by atoms with Crippen LogP contribution in [0.3, 0.4) is 0 Å². The molecule has 0 bridgehead atoms. The molecule has 0 rings (SSSR count). The normalized spacial score (nSPS) is 11.7. The minimum atomic E-state index is 0.761. The number of unbranched alkanes of at least 4 members (excludes halogenated alkanes) is 5. The third-order valence-corrected chi connectivity index (χ3v) is 3.76. The van der Waals surface area contributed by atoms with Crippen molar-refractivity contribution in [1.29, 1.82) is 0 Å². The van der Waals surface area contributed by atoms with Crippen molar-refractivity contribution in [1.82, 2.24) is 0 Å². The average molecular weight is 301 g/mol. The first-order chi connectivity index (χ1) is 10.1. The first kappa shape index (κ1) is 20.9. The Morgan fingerprint density at radius 3 is 1.29 bits per heavy atom. The van der Waals surface area contributed by atoms with Crippen molar-refractivity contribution in [2.45, 2.75) is 85.5 Å². The first-order valence-electron chi connectivity index (χ1n) is 9.28. The van der Waals surface area contributed by atoms with Crippen LogP contribution in [0.4, 0.5) is 0 Å². The van der Waals surface area contributed by atoms with Gasteiger partial charge >= 0.3 is 0 Å². The Labute approximate surface area is 134 Å². The molecule has 0 fully saturated rings. The molecule has 0 heterocycles. The molecule has 0 N–H and O–H groups in total. The third kappa shape index (κ3) is 19.9. The lowest BCUT2D eigenvalue weighted by molar-refractivity contribution is 0.0448. The molecule has 0 amide bonds. The van der Waals surface area contributed by atoms with E-state index >= 15 is 0 Å². The van der Waals surface area contributed by atoms with Crippen molar-refractivity contribution in [2.75, 3.05) is 26.4 Å². The highest BCUT2D eigenvalue weighted by atomic mass is 16.5. The molecule has 0 aromatic heterocycles. The fourth-order valence-corrected chi connectivity index (χ4v) is 2.37. The van der Waals surface area contributed by atoms with Gasteiger partial charge in [0.15, 0.2) is 0 Å². The molecule has 0 aliphatic rings. The third-order valence-electron chi connectivity index (χ3n) is 3.76. The molecule has 0 aromatic carbocycles. The fourth-order valence-electron chi connectivity index (χ4n) is 2.37. The van der Waals surface area contributed by atoms with Crippen LogP contribution >= 0.6 is 0 Å². The van der Waals surface area contributed by atoms with Gasteiger partial charge in [-0.2, -0.15) is 0 Å². The van der Waals surface area contributed by atoms with Gasteiger partial charge in [-0.05, 0) is 24.7 Å². The Morgan fingerprint density at radius 1 is 0.476 bits per heavy atom. The lowest BCUT2D eigenvalue weighted by Crippen LogP contribution is -2.06. The molecule has 0 aliphatic heterocycles. The van der Waals surface area contributed by atoms with E-state index in [0.29, 0.717) is 0 Å². The molecule has 0 saturated heterocycles. The van der Waals surface area contributed by atoms with E-state index in [-0.39, 0.29) is 0 Å². The zero-order valence-corrected chi connectivity index (χ0v) is 15.2. The van der Waals surface area contributed by atoms with Crippen molar-refractivity contribution in [2.24, 2.45) is 11.8 Å². The molecule has 0 radical (unpaired) electrons. The average Bonchev–Trinajstić information content (AvgIpc) is 2.42. The van der Waals surface area contributed by atoms with Crippen LogP contribution in [0.25, 0.3) is 0 Å². The zero-order chi connectivity index (χ0) is 15.8. The predicted molar refractivity (Wildman–Crippen MR) is 92.9 cm³/mol. The van der Waals surface area contributed by atoms with Gasteiger partial charge in [0.05, 0.1) is 13.2 Å². The predicted octanol–water partition coefficient (Wildman–Crippen LogP) is 5.84. The lowest BCUT2D eigenvalue weighted by atomic mass is 10.0. The highest BCUT2D eigenvalue weighted by Crippen LogP contribution is 2.09. The highest BCUT2D eigenvalue weighted by molar-refractivity contribution is 4.48. The van der Waals surface area contributed by atoms with Crippen LogP contribution in [0.1, 0.15) is 85.5 Å². The topological polar surface area (TPSA) is 18.5 Å². The Balaban J connectivity index is 2.96. The molecule has 0 aliphatic carbocycles. The SMILES string of the molecule is CC(C)CCCCCCOCCOCCCCCC(C)C. The lowest BCUT2D eigenvalue weighted by Gasteiger charge is -2.07. The Hall–Kier alpha value is -0.0800. The van der Waals surface area contributed by atoms with Crippen LogP contribution in [0, 0.1) is 11.8 Å². The standard InChI is InChI=1S/C19H40O2/c1-18(2)12-8-5-6-10-14-20-16-17-21-15-11-7-9-13-19(3)4/h18-19H,5-17H2,1-4H3. The molecule has 2 nitrogen and oxygen atoms in total. The quantitative estimate of drug-likeness (QED) is 0.333. The molecule has 0 spiro atoms. The number of hydrogen-bond acceptors (Lipinski definition) is 2. The van der Waals surface area contributed by atoms with E-state index in [2.05, 4.69) is 27.7 Å². The second kappa shape index (κ2) is 16.3. The fraction of sp³-hybridized carbons (Fsp3) is 1.00. The maximum Gasteiger partial charge on any atom is 0.0700 e. The van der Waals surface area contributed by atoms with E-state index < -0.39 is 0 Å². The smallest absolute Gasteiger partial charge is 0.0700 e. The van der Waals surface area contributed by atoms with Crippen LogP contribution in [0.15, 0.2) is 0 Å². The molecule has 0 saturated carbocycles. The van der Waals surface area contributed by atoms with Crippen LogP contribution in [0.2, 0.25) is 0 Å². The van der Waals surface area contributed by atoms with E-state index in [4.69, 9.17) is 9.47 Å². The number of ether oxygens (including phenoxy) is 2. The molecule has 0 aromatic rings. The summed E-state index contributed by atoms with van der Waals surface area (Å²) >= 11 is 0. The van der Waals surface area contributed by atoms with Gasteiger partial charge in [-0.3, -0.25) is 0 Å². The molecule has 0 atom stereocenters. The van der Waals surface area contributed by atoms with Gasteiger partial charge in [-0.15, -0.1) is 0 Å². The Bertz CT molecular complexity index is 170. The minimum absolute atomic E-state index is 0.761. The van der Waals surface area contributed by atoms with E-state index in [1.807, 2.05) is 0 Å². The van der Waals surface area contributed by atoms with Crippen molar-refractivity contribution in [3.63, 3.8) is 0 Å². The van der Waals surface area contributed by atoms with Gasteiger partial charge in [0.25, 0.3) is 0 Å². The van der Waals surface area contributed by atoms with Crippen LogP contribution in [0.5, 0.6) is 0 Å². The maximum absolute atomic E-state index is 5.60. The van der Waals surface area contributed by atoms with Crippen LogP contribution < -0.4 is 0 Å². The monoisotopic (exact) mass is 300 g/mol. The Kier molecular flexibility index (Phi) is 16.2. The Morgan fingerprint density at radius 2 is 0.857 bits per heavy atom. The van der Waals surface area contributed by atoms with Gasteiger partial charge in [-0.25, -0.2) is 0 Å². The molecule has 21 heavy (non-hydrogen) atoms. The minimum Gasteiger partial charge on any atom is -0.379 e. The van der Waals surface area contributed by atoms with Crippen molar-refractivity contribution < 1.29 is 9.47 Å². The van der Waals surface area contributed by atoms with Gasteiger partial charge < -0.3 is 9.47 Å². The first-order valence-corrected chi connectivity index (χ1v) is 9.28. The summed E-state index contributed by atoms with van der Waals surface area (Å²) in [6, 6.07) is 0. The largest absolute Gasteiger partial charge is 0.379 e. The summed E-state index contributed by atoms with van der Waals surface area (Å²) in [5.41, 5.74) is 0. The summed E-state index contributed by atoms with van der Waals surface area (Å²) in [5.74, 6) is 1.69. The van der Waals surface area contributed by atoms with Crippen molar-refractivity contribution in [3.05, 3.63) is 0 Å². The molecule has 128 valence electrons. The molecule has 2 heteroatoms. The van der Waals surface area contributed by atoms with Crippen LogP contribution in [-0.2, 0) is 9.47 Å². The molecular formula is C19H40O2. The summed E-state index contributed by atoms with van der Waals surface area (Å²) in [6.45, 7) is 12.5. The summed E-state index contributed by atoms with van der Waals surface area (Å²) in [5, 5.41) is 0.